The molecule has 0 unspecified atom stereocenters. The first-order chi connectivity index (χ1) is 10.8. The highest BCUT2D eigenvalue weighted by Gasteiger charge is 2.43. The Labute approximate surface area is 129 Å². The van der Waals surface area contributed by atoms with Gasteiger partial charge in [-0.05, 0) is 12.5 Å². The van der Waals surface area contributed by atoms with Crippen LogP contribution in [0.4, 0.5) is 0 Å². The molecule has 22 heavy (non-hydrogen) atoms. The van der Waals surface area contributed by atoms with Crippen molar-refractivity contribution in [3.8, 4) is 0 Å². The van der Waals surface area contributed by atoms with Crippen LogP contribution in [0.3, 0.4) is 0 Å². The molecule has 0 amide bonds. The minimum absolute atomic E-state index is 0.316. The highest BCUT2D eigenvalue weighted by molar-refractivity contribution is 5.76. The quantitative estimate of drug-likeness (QED) is 0.811. The van der Waals surface area contributed by atoms with Crippen molar-refractivity contribution in [1.82, 2.24) is 0 Å². The predicted molar refractivity (Wildman–Crippen MR) is 81.0 cm³/mol. The molecule has 0 N–H and O–H groups in total. The molecule has 4 heteroatoms. The summed E-state index contributed by atoms with van der Waals surface area (Å²) in [6.07, 6.45) is -1.79. The van der Waals surface area contributed by atoms with E-state index in [4.69, 9.17) is 14.2 Å². The second-order valence-electron chi connectivity index (χ2n) is 5.02. The maximum Gasteiger partial charge on any atom is 0.338 e. The molecule has 4 nitrogen and oxygen atoms in total. The van der Waals surface area contributed by atoms with Gasteiger partial charge >= 0.3 is 5.97 Å². The summed E-state index contributed by atoms with van der Waals surface area (Å²) >= 11 is 0. The van der Waals surface area contributed by atoms with Gasteiger partial charge in [0.05, 0.1) is 6.61 Å². The Morgan fingerprint density at radius 2 is 1.55 bits per heavy atom. The van der Waals surface area contributed by atoms with E-state index in [9.17, 15) is 4.79 Å². The molecule has 1 aliphatic rings. The van der Waals surface area contributed by atoms with E-state index in [0.29, 0.717) is 6.61 Å². The molecule has 1 saturated heterocycles. The SMILES string of the molecule is CCOC(=O)[C@@H]1O[C@H](c2ccccc2)O[C@H]1c1ccccc1. The number of esters is 1. The third kappa shape index (κ3) is 3.03. The molecule has 0 spiro atoms. The molecule has 1 heterocycles. The van der Waals surface area contributed by atoms with Crippen molar-refractivity contribution in [2.45, 2.75) is 25.4 Å². The second-order valence-corrected chi connectivity index (χ2v) is 5.02. The van der Waals surface area contributed by atoms with Crippen molar-refractivity contribution in [3.05, 3.63) is 71.8 Å². The van der Waals surface area contributed by atoms with Crippen molar-refractivity contribution in [3.63, 3.8) is 0 Å². The molecule has 0 saturated carbocycles. The standard InChI is InChI=1S/C18H18O4/c1-2-20-17(19)16-15(13-9-5-3-6-10-13)21-18(22-16)14-11-7-4-8-12-14/h3-12,15-16,18H,2H2,1H3/t15-,16+,18+/m0/s1. The molecular weight excluding hydrogens is 280 g/mol. The van der Waals surface area contributed by atoms with E-state index in [-0.39, 0.29) is 0 Å². The monoisotopic (exact) mass is 298 g/mol. The van der Waals surface area contributed by atoms with Gasteiger partial charge in [-0.15, -0.1) is 0 Å². The lowest BCUT2D eigenvalue weighted by Gasteiger charge is -2.15. The average Bonchev–Trinajstić information content (AvgIpc) is 3.02. The lowest BCUT2D eigenvalue weighted by molar-refractivity contribution is -0.157. The lowest BCUT2D eigenvalue weighted by atomic mass is 10.0. The molecule has 1 fully saturated rings. The summed E-state index contributed by atoms with van der Waals surface area (Å²) < 4.78 is 16.9. The molecule has 0 bridgehead atoms. The van der Waals surface area contributed by atoms with Crippen LogP contribution in [0, 0.1) is 0 Å². The molecule has 0 radical (unpaired) electrons. The first-order valence-corrected chi connectivity index (χ1v) is 7.37. The van der Waals surface area contributed by atoms with E-state index in [1.54, 1.807) is 6.92 Å². The van der Waals surface area contributed by atoms with Crippen LogP contribution in [0.25, 0.3) is 0 Å². The average molecular weight is 298 g/mol. The summed E-state index contributed by atoms with van der Waals surface area (Å²) in [5, 5.41) is 0. The fourth-order valence-electron chi connectivity index (χ4n) is 2.51. The maximum absolute atomic E-state index is 12.2. The van der Waals surface area contributed by atoms with Crippen LogP contribution in [-0.4, -0.2) is 18.7 Å². The van der Waals surface area contributed by atoms with Gasteiger partial charge in [0.1, 0.15) is 6.10 Å². The summed E-state index contributed by atoms with van der Waals surface area (Å²) in [5.74, 6) is -0.394. The fraction of sp³-hybridized carbons (Fsp3) is 0.278. The molecule has 3 atom stereocenters. The van der Waals surface area contributed by atoms with E-state index >= 15 is 0 Å². The van der Waals surface area contributed by atoms with Gasteiger partial charge in [0.15, 0.2) is 12.4 Å². The Morgan fingerprint density at radius 3 is 2.14 bits per heavy atom. The smallest absolute Gasteiger partial charge is 0.338 e. The molecule has 1 aliphatic heterocycles. The first kappa shape index (κ1) is 14.8. The summed E-state index contributed by atoms with van der Waals surface area (Å²) in [4.78, 5) is 12.2. The van der Waals surface area contributed by atoms with Crippen LogP contribution in [0.15, 0.2) is 60.7 Å². The van der Waals surface area contributed by atoms with Gasteiger partial charge in [-0.3, -0.25) is 0 Å². The zero-order chi connectivity index (χ0) is 15.4. The molecule has 3 rings (SSSR count). The van der Waals surface area contributed by atoms with Gasteiger partial charge in [0.2, 0.25) is 0 Å². The van der Waals surface area contributed by atoms with Crippen LogP contribution in [0.5, 0.6) is 0 Å². The van der Waals surface area contributed by atoms with E-state index in [0.717, 1.165) is 11.1 Å². The van der Waals surface area contributed by atoms with Crippen molar-refractivity contribution in [2.24, 2.45) is 0 Å². The summed E-state index contributed by atoms with van der Waals surface area (Å²) in [5.41, 5.74) is 1.79. The lowest BCUT2D eigenvalue weighted by Crippen LogP contribution is -2.28. The number of carbonyl (C=O) groups excluding carboxylic acids is 1. The second kappa shape index (κ2) is 6.73. The van der Waals surface area contributed by atoms with Gasteiger partial charge in [0, 0.05) is 5.56 Å². The van der Waals surface area contributed by atoms with E-state index in [1.807, 2.05) is 60.7 Å². The van der Waals surface area contributed by atoms with Gasteiger partial charge in [0.25, 0.3) is 0 Å². The Balaban J connectivity index is 1.87. The third-order valence-electron chi connectivity index (χ3n) is 3.53. The topological polar surface area (TPSA) is 44.8 Å². The molecular formula is C18H18O4. The Kier molecular flexibility index (Phi) is 4.51. The van der Waals surface area contributed by atoms with Crippen LogP contribution in [-0.2, 0) is 19.0 Å². The normalized spacial score (nSPS) is 24.1. The van der Waals surface area contributed by atoms with Gasteiger partial charge in [-0.25, -0.2) is 4.79 Å². The molecule has 0 aromatic heterocycles. The van der Waals surface area contributed by atoms with Crippen LogP contribution >= 0.6 is 0 Å². The van der Waals surface area contributed by atoms with Crippen LogP contribution in [0.1, 0.15) is 30.4 Å². The van der Waals surface area contributed by atoms with Crippen LogP contribution < -0.4 is 0 Å². The highest BCUT2D eigenvalue weighted by Crippen LogP contribution is 2.40. The number of benzene rings is 2. The molecule has 0 aliphatic carbocycles. The minimum Gasteiger partial charge on any atom is -0.464 e. The van der Waals surface area contributed by atoms with Crippen molar-refractivity contribution in [1.29, 1.82) is 0 Å². The number of ether oxygens (including phenoxy) is 3. The van der Waals surface area contributed by atoms with E-state index < -0.39 is 24.5 Å². The van der Waals surface area contributed by atoms with Gasteiger partial charge in [-0.2, -0.15) is 0 Å². The Morgan fingerprint density at radius 1 is 0.955 bits per heavy atom. The first-order valence-electron chi connectivity index (χ1n) is 7.37. The maximum atomic E-state index is 12.2. The minimum atomic E-state index is -0.757. The summed E-state index contributed by atoms with van der Waals surface area (Å²) in [6, 6.07) is 19.2. The zero-order valence-corrected chi connectivity index (χ0v) is 12.3. The van der Waals surface area contributed by atoms with Crippen molar-refractivity contribution < 1.29 is 19.0 Å². The number of rotatable bonds is 4. The summed E-state index contributed by atoms with van der Waals surface area (Å²) in [6.45, 7) is 2.09. The summed E-state index contributed by atoms with van der Waals surface area (Å²) in [7, 11) is 0. The number of carbonyl (C=O) groups is 1. The van der Waals surface area contributed by atoms with Gasteiger partial charge in [-0.1, -0.05) is 60.7 Å². The molecule has 2 aromatic carbocycles. The molecule has 2 aromatic rings. The third-order valence-corrected chi connectivity index (χ3v) is 3.53. The Hall–Kier alpha value is -2.17. The van der Waals surface area contributed by atoms with E-state index in [1.165, 1.54) is 0 Å². The highest BCUT2D eigenvalue weighted by atomic mass is 16.7. The fourth-order valence-corrected chi connectivity index (χ4v) is 2.51. The number of hydrogen-bond acceptors (Lipinski definition) is 4. The van der Waals surface area contributed by atoms with Crippen molar-refractivity contribution in [2.75, 3.05) is 6.61 Å². The Bertz CT molecular complexity index is 611. The van der Waals surface area contributed by atoms with Gasteiger partial charge < -0.3 is 14.2 Å². The number of hydrogen-bond donors (Lipinski definition) is 0. The van der Waals surface area contributed by atoms with Crippen molar-refractivity contribution >= 4 is 5.97 Å². The predicted octanol–water partition coefficient (Wildman–Crippen LogP) is 3.41. The largest absolute Gasteiger partial charge is 0.464 e. The molecule has 114 valence electrons. The zero-order valence-electron chi connectivity index (χ0n) is 12.3. The van der Waals surface area contributed by atoms with Crippen LogP contribution in [0.2, 0.25) is 0 Å². The van der Waals surface area contributed by atoms with E-state index in [2.05, 4.69) is 0 Å².